The van der Waals surface area contributed by atoms with Crippen LogP contribution in [0.25, 0.3) is 0 Å². The van der Waals surface area contributed by atoms with Gasteiger partial charge in [0.15, 0.2) is 5.13 Å². The number of thiazole rings is 1. The second-order valence-electron chi connectivity index (χ2n) is 5.17. The van der Waals surface area contributed by atoms with Gasteiger partial charge in [0.25, 0.3) is 0 Å². The van der Waals surface area contributed by atoms with Crippen molar-refractivity contribution in [3.8, 4) is 0 Å². The summed E-state index contributed by atoms with van der Waals surface area (Å²) in [5, 5.41) is 4.76. The maximum atomic E-state index is 13.8. The quantitative estimate of drug-likeness (QED) is 0.707. The van der Waals surface area contributed by atoms with Crippen LogP contribution in [0.4, 0.5) is 9.52 Å². The lowest BCUT2D eigenvalue weighted by molar-refractivity contribution is -0.117. The van der Waals surface area contributed by atoms with Crippen molar-refractivity contribution in [1.29, 1.82) is 0 Å². The van der Waals surface area contributed by atoms with Gasteiger partial charge in [0.1, 0.15) is 16.8 Å². The molecule has 2 N–H and O–H groups in total. The molecule has 0 saturated heterocycles. The van der Waals surface area contributed by atoms with Crippen molar-refractivity contribution >= 4 is 44.2 Å². The number of aryl methyl sites for hydroxylation is 1. The van der Waals surface area contributed by atoms with Gasteiger partial charge >= 0.3 is 0 Å². The Labute approximate surface area is 154 Å². The summed E-state index contributed by atoms with van der Waals surface area (Å²) in [6, 6.07) is 4.01. The number of thioether (sulfide) groups is 1. The summed E-state index contributed by atoms with van der Waals surface area (Å²) in [7, 11) is -4.16. The molecular weight excluding hydrogens is 385 g/mol. The zero-order valence-electron chi connectivity index (χ0n) is 13.7. The van der Waals surface area contributed by atoms with Crippen LogP contribution >= 0.6 is 23.1 Å². The monoisotopic (exact) mass is 403 g/mol. The molecule has 0 aliphatic heterocycles. The van der Waals surface area contributed by atoms with Crippen LogP contribution in [0.2, 0.25) is 0 Å². The molecular formula is C15H18FN3O3S3. The van der Waals surface area contributed by atoms with Crippen molar-refractivity contribution in [1.82, 2.24) is 9.71 Å². The molecule has 2 aromatic rings. The Kier molecular flexibility index (Phi) is 6.94. The third-order valence-corrected chi connectivity index (χ3v) is 6.22. The summed E-state index contributed by atoms with van der Waals surface area (Å²) in [5.41, 5.74) is 0.757. The molecule has 25 heavy (non-hydrogen) atoms. The number of rotatable bonds is 8. The van der Waals surface area contributed by atoms with Crippen molar-refractivity contribution in [3.05, 3.63) is 41.2 Å². The second kappa shape index (κ2) is 8.75. The van der Waals surface area contributed by atoms with E-state index in [1.807, 2.05) is 6.26 Å². The van der Waals surface area contributed by atoms with E-state index in [0.29, 0.717) is 10.9 Å². The molecule has 1 heterocycles. The Morgan fingerprint density at radius 2 is 2.12 bits per heavy atom. The summed E-state index contributed by atoms with van der Waals surface area (Å²) in [5.74, 6) is -0.827. The first-order chi connectivity index (χ1) is 11.8. The van der Waals surface area contributed by atoms with Crippen LogP contribution in [-0.2, 0) is 14.8 Å². The number of carbonyl (C=O) groups is 1. The molecule has 6 nitrogen and oxygen atoms in total. The summed E-state index contributed by atoms with van der Waals surface area (Å²) >= 11 is 2.73. The number of benzene rings is 1. The van der Waals surface area contributed by atoms with Gasteiger partial charge in [0, 0.05) is 5.38 Å². The van der Waals surface area contributed by atoms with Crippen molar-refractivity contribution < 1.29 is 17.6 Å². The molecule has 0 bridgehead atoms. The Morgan fingerprint density at radius 1 is 1.40 bits per heavy atom. The second-order valence-corrected chi connectivity index (χ2v) is 8.70. The van der Waals surface area contributed by atoms with Crippen LogP contribution in [0.1, 0.15) is 12.1 Å². The molecule has 1 amide bonds. The van der Waals surface area contributed by atoms with Gasteiger partial charge in [0.2, 0.25) is 15.9 Å². The number of aromatic nitrogens is 1. The van der Waals surface area contributed by atoms with E-state index in [1.54, 1.807) is 12.3 Å². The predicted octanol–water partition coefficient (Wildman–Crippen LogP) is 2.63. The van der Waals surface area contributed by atoms with E-state index in [4.69, 9.17) is 0 Å². The largest absolute Gasteiger partial charge is 0.301 e. The highest BCUT2D eigenvalue weighted by atomic mass is 32.2. The third-order valence-electron chi connectivity index (χ3n) is 3.20. The highest BCUT2D eigenvalue weighted by molar-refractivity contribution is 7.98. The Balaban J connectivity index is 2.19. The van der Waals surface area contributed by atoms with Crippen molar-refractivity contribution in [2.75, 3.05) is 17.3 Å². The molecule has 0 aliphatic carbocycles. The number of halogens is 1. The highest BCUT2D eigenvalue weighted by Gasteiger charge is 2.27. The first-order valence-electron chi connectivity index (χ1n) is 7.32. The number of sulfonamides is 1. The van der Waals surface area contributed by atoms with E-state index in [-0.39, 0.29) is 6.42 Å². The number of carbonyl (C=O) groups excluding carboxylic acids is 1. The molecule has 136 valence electrons. The number of nitrogens with zero attached hydrogens (tertiary/aromatic N) is 1. The lowest BCUT2D eigenvalue weighted by Crippen LogP contribution is -2.44. The zero-order chi connectivity index (χ0) is 18.4. The van der Waals surface area contributed by atoms with Gasteiger partial charge in [-0.2, -0.15) is 16.5 Å². The van der Waals surface area contributed by atoms with Gasteiger partial charge in [-0.05, 0) is 37.5 Å². The molecule has 0 saturated carbocycles. The molecule has 0 spiro atoms. The normalized spacial score (nSPS) is 12.8. The molecule has 0 radical (unpaired) electrons. The number of anilines is 1. The Morgan fingerprint density at radius 3 is 2.72 bits per heavy atom. The highest BCUT2D eigenvalue weighted by Crippen LogP contribution is 2.17. The molecule has 0 aliphatic rings. The van der Waals surface area contributed by atoms with E-state index in [2.05, 4.69) is 15.0 Å². The molecule has 2 rings (SSSR count). The van der Waals surface area contributed by atoms with E-state index < -0.39 is 32.7 Å². The van der Waals surface area contributed by atoms with Crippen LogP contribution in [-0.4, -0.2) is 37.4 Å². The molecule has 10 heteroatoms. The molecule has 0 unspecified atom stereocenters. The standard InChI is InChI=1S/C15H18FN3O3S3/c1-10-9-24-15(17-10)18-14(20)12(7-8-23-2)19-25(21,22)13-6-4-3-5-11(13)16/h3-6,9,12,19H,7-8H2,1-2H3,(H,17,18,20)/t12-/m0/s1. The minimum atomic E-state index is -4.16. The van der Waals surface area contributed by atoms with Crippen LogP contribution < -0.4 is 10.0 Å². The maximum absolute atomic E-state index is 13.8. The van der Waals surface area contributed by atoms with Crippen molar-refractivity contribution in [3.63, 3.8) is 0 Å². The number of hydrogen-bond acceptors (Lipinski definition) is 6. The Hall–Kier alpha value is -1.49. The number of amides is 1. The van der Waals surface area contributed by atoms with Gasteiger partial charge in [-0.15, -0.1) is 11.3 Å². The SMILES string of the molecule is CSCC[C@H](NS(=O)(=O)c1ccccc1F)C(=O)Nc1nc(C)cs1. The third kappa shape index (κ3) is 5.50. The van der Waals surface area contributed by atoms with Gasteiger partial charge < -0.3 is 5.32 Å². The predicted molar refractivity (Wildman–Crippen MR) is 99.0 cm³/mol. The molecule has 0 fully saturated rings. The minimum Gasteiger partial charge on any atom is -0.301 e. The first kappa shape index (κ1) is 19.8. The fourth-order valence-corrected chi connectivity index (χ4v) is 4.47. The summed E-state index contributed by atoms with van der Waals surface area (Å²) < 4.78 is 41.0. The van der Waals surface area contributed by atoms with E-state index in [9.17, 15) is 17.6 Å². The van der Waals surface area contributed by atoms with Gasteiger partial charge in [-0.1, -0.05) is 12.1 Å². The van der Waals surface area contributed by atoms with E-state index in [1.165, 1.54) is 35.2 Å². The molecule has 1 aromatic heterocycles. The fourth-order valence-electron chi connectivity index (χ4n) is 2.00. The van der Waals surface area contributed by atoms with Gasteiger partial charge in [-0.25, -0.2) is 17.8 Å². The van der Waals surface area contributed by atoms with Gasteiger partial charge in [-0.3, -0.25) is 4.79 Å². The summed E-state index contributed by atoms with van der Waals surface area (Å²) in [6.07, 6.45) is 2.12. The zero-order valence-corrected chi connectivity index (χ0v) is 16.1. The van der Waals surface area contributed by atoms with Crippen LogP contribution in [0.15, 0.2) is 34.5 Å². The lowest BCUT2D eigenvalue weighted by Gasteiger charge is -2.17. The Bertz CT molecular complexity index is 839. The topological polar surface area (TPSA) is 88.2 Å². The fraction of sp³-hybridized carbons (Fsp3) is 0.333. The molecule has 1 aromatic carbocycles. The smallest absolute Gasteiger partial charge is 0.244 e. The number of nitrogens with one attached hydrogen (secondary N) is 2. The first-order valence-corrected chi connectivity index (χ1v) is 11.1. The van der Waals surface area contributed by atoms with E-state index >= 15 is 0 Å². The average molecular weight is 404 g/mol. The van der Waals surface area contributed by atoms with Crippen LogP contribution in [0, 0.1) is 12.7 Å². The minimum absolute atomic E-state index is 0.269. The summed E-state index contributed by atoms with van der Waals surface area (Å²) in [4.78, 5) is 16.1. The number of hydrogen-bond donors (Lipinski definition) is 2. The average Bonchev–Trinajstić information content (AvgIpc) is 2.96. The van der Waals surface area contributed by atoms with Crippen molar-refractivity contribution in [2.24, 2.45) is 0 Å². The lowest BCUT2D eigenvalue weighted by atomic mass is 10.2. The van der Waals surface area contributed by atoms with Gasteiger partial charge in [0.05, 0.1) is 5.69 Å². The van der Waals surface area contributed by atoms with Crippen LogP contribution in [0.3, 0.4) is 0 Å². The maximum Gasteiger partial charge on any atom is 0.244 e. The van der Waals surface area contributed by atoms with Crippen LogP contribution in [0.5, 0.6) is 0 Å². The molecule has 1 atom stereocenters. The summed E-state index contributed by atoms with van der Waals surface area (Å²) in [6.45, 7) is 1.79. The van der Waals surface area contributed by atoms with E-state index in [0.717, 1.165) is 17.8 Å². The van der Waals surface area contributed by atoms with Crippen molar-refractivity contribution in [2.45, 2.75) is 24.3 Å².